The second kappa shape index (κ2) is 10.5. The number of carboxylic acid groups (broad SMARTS) is 1. The Hall–Kier alpha value is -1.79. The number of benzene rings is 1. The van der Waals surface area contributed by atoms with Crippen molar-refractivity contribution in [1.82, 2.24) is 10.2 Å². The Labute approximate surface area is 167 Å². The molecule has 150 valence electrons. The summed E-state index contributed by atoms with van der Waals surface area (Å²) in [5, 5.41) is 12.2. The van der Waals surface area contributed by atoms with Crippen molar-refractivity contribution in [3.05, 3.63) is 29.8 Å². The molecule has 0 radical (unpaired) electrons. The van der Waals surface area contributed by atoms with Gasteiger partial charge in [-0.05, 0) is 68.8 Å². The van der Waals surface area contributed by atoms with E-state index >= 15 is 0 Å². The molecule has 2 heterocycles. The summed E-state index contributed by atoms with van der Waals surface area (Å²) < 4.78 is 0. The standard InChI is InChI=1S/C20H29N3O3.ClH/c24-19(25)10-7-16-5-8-18(9-6-16)23-14-13-22(20(23)26)12-2-4-17-3-1-11-21-15-17;/h5-6,8-9,17,21H,1-4,7,10-15H2,(H,24,25);1H. The molecule has 6 nitrogen and oxygen atoms in total. The molecule has 1 unspecified atom stereocenters. The molecular weight excluding hydrogens is 366 g/mol. The number of urea groups is 1. The number of piperidine rings is 1. The van der Waals surface area contributed by atoms with Crippen molar-refractivity contribution in [2.75, 3.05) is 37.6 Å². The zero-order chi connectivity index (χ0) is 18.4. The number of nitrogens with zero attached hydrogens (tertiary/aromatic N) is 2. The first-order chi connectivity index (χ1) is 12.6. The van der Waals surface area contributed by atoms with E-state index in [9.17, 15) is 9.59 Å². The van der Waals surface area contributed by atoms with Crippen LogP contribution in [0.5, 0.6) is 0 Å². The molecule has 7 heteroatoms. The monoisotopic (exact) mass is 395 g/mol. The average Bonchev–Trinajstić information content (AvgIpc) is 3.02. The van der Waals surface area contributed by atoms with Gasteiger partial charge in [0.05, 0.1) is 0 Å². The third-order valence-electron chi connectivity index (χ3n) is 5.41. The number of carbonyl (C=O) groups excluding carboxylic acids is 1. The van der Waals surface area contributed by atoms with Gasteiger partial charge in [0.2, 0.25) is 0 Å². The van der Waals surface area contributed by atoms with Crippen LogP contribution in [0.15, 0.2) is 24.3 Å². The molecule has 0 bridgehead atoms. The highest BCUT2D eigenvalue weighted by molar-refractivity contribution is 5.94. The normalized spacial score (nSPS) is 19.9. The maximum Gasteiger partial charge on any atom is 0.324 e. The predicted molar refractivity (Wildman–Crippen MR) is 109 cm³/mol. The minimum Gasteiger partial charge on any atom is -0.481 e. The molecule has 0 aromatic heterocycles. The van der Waals surface area contributed by atoms with Gasteiger partial charge in [0.25, 0.3) is 0 Å². The summed E-state index contributed by atoms with van der Waals surface area (Å²) in [4.78, 5) is 27.1. The topological polar surface area (TPSA) is 72.9 Å². The molecule has 2 fully saturated rings. The van der Waals surface area contributed by atoms with E-state index in [4.69, 9.17) is 5.11 Å². The summed E-state index contributed by atoms with van der Waals surface area (Å²) in [5.74, 6) is -0.0284. The zero-order valence-electron chi connectivity index (χ0n) is 15.7. The van der Waals surface area contributed by atoms with Crippen molar-refractivity contribution < 1.29 is 14.7 Å². The van der Waals surface area contributed by atoms with Crippen LogP contribution in [0, 0.1) is 5.92 Å². The molecule has 2 saturated heterocycles. The molecule has 3 rings (SSSR count). The summed E-state index contributed by atoms with van der Waals surface area (Å²) in [7, 11) is 0. The lowest BCUT2D eigenvalue weighted by Gasteiger charge is -2.24. The third kappa shape index (κ3) is 6.11. The second-order valence-corrected chi connectivity index (χ2v) is 7.34. The van der Waals surface area contributed by atoms with Gasteiger partial charge in [0.1, 0.15) is 0 Å². The SMILES string of the molecule is Cl.O=C(O)CCc1ccc(N2CCN(CCCC3CCCNC3)C2=O)cc1. The van der Waals surface area contributed by atoms with Gasteiger partial charge in [-0.3, -0.25) is 9.69 Å². The lowest BCUT2D eigenvalue weighted by atomic mass is 9.95. The Kier molecular flexibility index (Phi) is 8.38. The van der Waals surface area contributed by atoms with E-state index in [1.165, 1.54) is 19.3 Å². The van der Waals surface area contributed by atoms with E-state index in [2.05, 4.69) is 5.32 Å². The molecule has 2 aliphatic heterocycles. The number of amides is 2. The maximum absolute atomic E-state index is 12.6. The fourth-order valence-electron chi connectivity index (χ4n) is 3.86. The first-order valence-electron chi connectivity index (χ1n) is 9.71. The lowest BCUT2D eigenvalue weighted by Crippen LogP contribution is -2.33. The molecule has 0 saturated carbocycles. The van der Waals surface area contributed by atoms with Gasteiger partial charge in [0.15, 0.2) is 0 Å². The van der Waals surface area contributed by atoms with E-state index in [0.29, 0.717) is 6.42 Å². The average molecular weight is 396 g/mol. The van der Waals surface area contributed by atoms with Crippen molar-refractivity contribution in [2.45, 2.75) is 38.5 Å². The zero-order valence-corrected chi connectivity index (χ0v) is 16.5. The quantitative estimate of drug-likeness (QED) is 0.709. The number of nitrogens with one attached hydrogen (secondary N) is 1. The molecule has 2 aliphatic rings. The number of halogens is 1. The van der Waals surface area contributed by atoms with Crippen molar-refractivity contribution in [1.29, 1.82) is 0 Å². The van der Waals surface area contributed by atoms with Crippen molar-refractivity contribution in [3.63, 3.8) is 0 Å². The van der Waals surface area contributed by atoms with Gasteiger partial charge in [-0.25, -0.2) is 4.79 Å². The molecule has 1 aromatic rings. The molecule has 1 atom stereocenters. The second-order valence-electron chi connectivity index (χ2n) is 7.34. The highest BCUT2D eigenvalue weighted by Gasteiger charge is 2.29. The predicted octanol–water partition coefficient (Wildman–Crippen LogP) is 3.15. The van der Waals surface area contributed by atoms with Gasteiger partial charge >= 0.3 is 12.0 Å². The van der Waals surface area contributed by atoms with Gasteiger partial charge < -0.3 is 15.3 Å². The van der Waals surface area contributed by atoms with E-state index in [1.54, 1.807) is 0 Å². The van der Waals surface area contributed by atoms with E-state index < -0.39 is 5.97 Å². The molecule has 2 amide bonds. The molecule has 0 spiro atoms. The number of aryl methyl sites for hydroxylation is 1. The van der Waals surface area contributed by atoms with Crippen LogP contribution < -0.4 is 10.2 Å². The Morgan fingerprint density at radius 1 is 1.22 bits per heavy atom. The molecule has 0 aliphatic carbocycles. The van der Waals surface area contributed by atoms with Gasteiger partial charge in [0, 0.05) is 31.7 Å². The van der Waals surface area contributed by atoms with Crippen LogP contribution in [-0.2, 0) is 11.2 Å². The number of hydrogen-bond acceptors (Lipinski definition) is 3. The first-order valence-corrected chi connectivity index (χ1v) is 9.71. The minimum absolute atomic E-state index is 0. The number of anilines is 1. The summed E-state index contributed by atoms with van der Waals surface area (Å²) in [5.41, 5.74) is 1.88. The van der Waals surface area contributed by atoms with Crippen molar-refractivity contribution >= 4 is 30.1 Å². The summed E-state index contributed by atoms with van der Waals surface area (Å²) in [6.45, 7) is 4.60. The van der Waals surface area contributed by atoms with Crippen LogP contribution in [0.4, 0.5) is 10.5 Å². The smallest absolute Gasteiger partial charge is 0.324 e. The lowest BCUT2D eigenvalue weighted by molar-refractivity contribution is -0.136. The van der Waals surface area contributed by atoms with Crippen LogP contribution >= 0.6 is 12.4 Å². The Morgan fingerprint density at radius 2 is 2.00 bits per heavy atom. The van der Waals surface area contributed by atoms with Crippen LogP contribution in [-0.4, -0.2) is 54.7 Å². The van der Waals surface area contributed by atoms with E-state index in [1.807, 2.05) is 34.1 Å². The summed E-state index contributed by atoms with van der Waals surface area (Å²) in [6, 6.07) is 7.78. The Balaban J connectivity index is 0.00000261. The highest BCUT2D eigenvalue weighted by Crippen LogP contribution is 2.22. The number of rotatable bonds is 8. The number of aliphatic carboxylic acids is 1. The van der Waals surface area contributed by atoms with Crippen LogP contribution in [0.1, 0.15) is 37.7 Å². The fraction of sp³-hybridized carbons (Fsp3) is 0.600. The Bertz CT molecular complexity index is 617. The van der Waals surface area contributed by atoms with Gasteiger partial charge in [-0.2, -0.15) is 0 Å². The third-order valence-corrected chi connectivity index (χ3v) is 5.41. The molecule has 2 N–H and O–H groups in total. The first kappa shape index (κ1) is 21.5. The van der Waals surface area contributed by atoms with E-state index in [-0.39, 0.29) is 24.9 Å². The van der Waals surface area contributed by atoms with Crippen molar-refractivity contribution in [3.8, 4) is 0 Å². The van der Waals surface area contributed by atoms with Crippen LogP contribution in [0.3, 0.4) is 0 Å². The largest absolute Gasteiger partial charge is 0.481 e. The summed E-state index contributed by atoms with van der Waals surface area (Å²) in [6.07, 6.45) is 5.48. The van der Waals surface area contributed by atoms with Crippen molar-refractivity contribution in [2.24, 2.45) is 5.92 Å². The number of hydrogen-bond donors (Lipinski definition) is 2. The van der Waals surface area contributed by atoms with E-state index in [0.717, 1.165) is 56.3 Å². The highest BCUT2D eigenvalue weighted by atomic mass is 35.5. The fourth-order valence-corrected chi connectivity index (χ4v) is 3.86. The van der Waals surface area contributed by atoms with Gasteiger partial charge in [-0.15, -0.1) is 12.4 Å². The number of carbonyl (C=O) groups is 2. The van der Waals surface area contributed by atoms with Crippen LogP contribution in [0.25, 0.3) is 0 Å². The molecular formula is C20H30ClN3O3. The number of carboxylic acids is 1. The molecule has 1 aromatic carbocycles. The minimum atomic E-state index is -0.788. The van der Waals surface area contributed by atoms with Crippen LogP contribution in [0.2, 0.25) is 0 Å². The molecule has 27 heavy (non-hydrogen) atoms. The Morgan fingerprint density at radius 3 is 2.67 bits per heavy atom. The summed E-state index contributed by atoms with van der Waals surface area (Å²) >= 11 is 0. The van der Waals surface area contributed by atoms with Gasteiger partial charge in [-0.1, -0.05) is 12.1 Å². The maximum atomic E-state index is 12.6.